The van der Waals surface area contributed by atoms with E-state index in [2.05, 4.69) is 15.5 Å². The third-order valence-corrected chi connectivity index (χ3v) is 3.00. The summed E-state index contributed by atoms with van der Waals surface area (Å²) in [4.78, 5) is 12.0. The SMILES string of the molecule is CCOC(=O)c1nnc2ccccc2c1NCCC(C)O. The van der Waals surface area contributed by atoms with Crippen LogP contribution in [-0.4, -0.2) is 40.5 Å². The van der Waals surface area contributed by atoms with Crippen LogP contribution >= 0.6 is 0 Å². The molecule has 0 aliphatic heterocycles. The molecule has 2 aromatic rings. The van der Waals surface area contributed by atoms with Crippen molar-refractivity contribution in [1.29, 1.82) is 0 Å². The summed E-state index contributed by atoms with van der Waals surface area (Å²) in [5.74, 6) is -0.504. The number of ether oxygens (including phenoxy) is 1. The highest BCUT2D eigenvalue weighted by Gasteiger charge is 2.18. The highest BCUT2D eigenvalue weighted by Crippen LogP contribution is 2.24. The molecule has 0 saturated heterocycles. The Morgan fingerprint density at radius 2 is 2.14 bits per heavy atom. The van der Waals surface area contributed by atoms with E-state index in [1.807, 2.05) is 24.3 Å². The number of carbonyl (C=O) groups excluding carboxylic acids is 1. The van der Waals surface area contributed by atoms with Gasteiger partial charge in [0.1, 0.15) is 0 Å². The predicted molar refractivity (Wildman–Crippen MR) is 80.3 cm³/mol. The van der Waals surface area contributed by atoms with E-state index in [9.17, 15) is 9.90 Å². The Hall–Kier alpha value is -2.21. The summed E-state index contributed by atoms with van der Waals surface area (Å²) in [5, 5.41) is 21.3. The predicted octanol–water partition coefficient (Wildman–Crippen LogP) is 1.99. The van der Waals surface area contributed by atoms with E-state index in [4.69, 9.17) is 4.74 Å². The molecular formula is C15H19N3O3. The molecule has 1 atom stereocenters. The Bertz CT molecular complexity index is 629. The van der Waals surface area contributed by atoms with Crippen LogP contribution in [0.3, 0.4) is 0 Å². The minimum absolute atomic E-state index is 0.168. The monoisotopic (exact) mass is 289 g/mol. The lowest BCUT2D eigenvalue weighted by Gasteiger charge is -2.13. The molecule has 0 saturated carbocycles. The fourth-order valence-electron chi connectivity index (χ4n) is 1.98. The first-order valence-electron chi connectivity index (χ1n) is 6.98. The standard InChI is InChI=1S/C15H19N3O3/c1-3-21-15(20)14-13(16-9-8-10(2)19)11-6-4-5-7-12(11)17-18-14/h4-7,10,19H,3,8-9H2,1-2H3,(H,16,17). The van der Waals surface area contributed by atoms with Crippen molar-refractivity contribution >= 4 is 22.6 Å². The molecule has 1 unspecified atom stereocenters. The zero-order valence-electron chi connectivity index (χ0n) is 12.2. The number of aromatic nitrogens is 2. The largest absolute Gasteiger partial charge is 0.461 e. The number of fused-ring (bicyclic) bond motifs is 1. The van der Waals surface area contributed by atoms with Crippen molar-refractivity contribution in [2.75, 3.05) is 18.5 Å². The fraction of sp³-hybridized carbons (Fsp3) is 0.400. The summed E-state index contributed by atoms with van der Waals surface area (Å²) in [6.07, 6.45) is 0.156. The molecule has 0 fully saturated rings. The van der Waals surface area contributed by atoms with E-state index in [0.717, 1.165) is 5.39 Å². The average Bonchev–Trinajstić information content (AvgIpc) is 2.47. The summed E-state index contributed by atoms with van der Waals surface area (Å²) in [6.45, 7) is 4.27. The van der Waals surface area contributed by atoms with Crippen molar-refractivity contribution in [3.05, 3.63) is 30.0 Å². The molecule has 6 nitrogen and oxygen atoms in total. The number of benzene rings is 1. The Morgan fingerprint density at radius 1 is 1.38 bits per heavy atom. The number of hydrogen-bond acceptors (Lipinski definition) is 6. The molecule has 0 bridgehead atoms. The molecule has 0 aliphatic rings. The third kappa shape index (κ3) is 3.66. The second kappa shape index (κ2) is 6.99. The smallest absolute Gasteiger partial charge is 0.361 e. The molecule has 1 aromatic carbocycles. The van der Waals surface area contributed by atoms with Crippen molar-refractivity contribution in [2.24, 2.45) is 0 Å². The van der Waals surface area contributed by atoms with E-state index in [1.165, 1.54) is 0 Å². The van der Waals surface area contributed by atoms with Crippen LogP contribution in [0.4, 0.5) is 5.69 Å². The van der Waals surface area contributed by atoms with Crippen LogP contribution in [0.1, 0.15) is 30.8 Å². The van der Waals surface area contributed by atoms with Crippen LogP contribution in [0.25, 0.3) is 10.9 Å². The Balaban J connectivity index is 2.39. The van der Waals surface area contributed by atoms with E-state index < -0.39 is 12.1 Å². The molecule has 2 N–H and O–H groups in total. The minimum atomic E-state index is -0.504. The van der Waals surface area contributed by atoms with E-state index in [0.29, 0.717) is 24.2 Å². The highest BCUT2D eigenvalue weighted by molar-refractivity contribution is 6.03. The molecule has 6 heteroatoms. The van der Waals surface area contributed by atoms with Crippen LogP contribution in [-0.2, 0) is 4.74 Å². The number of esters is 1. The fourth-order valence-corrected chi connectivity index (χ4v) is 1.98. The number of nitrogens with one attached hydrogen (secondary N) is 1. The number of hydrogen-bond donors (Lipinski definition) is 2. The molecule has 0 radical (unpaired) electrons. The van der Waals surface area contributed by atoms with Crippen molar-refractivity contribution < 1.29 is 14.6 Å². The summed E-state index contributed by atoms with van der Waals surface area (Å²) in [5.41, 5.74) is 1.46. The van der Waals surface area contributed by atoms with Gasteiger partial charge in [0.15, 0.2) is 5.69 Å². The van der Waals surface area contributed by atoms with Crippen LogP contribution in [0, 0.1) is 0 Å². The van der Waals surface area contributed by atoms with Gasteiger partial charge >= 0.3 is 5.97 Å². The summed E-state index contributed by atoms with van der Waals surface area (Å²) < 4.78 is 5.01. The summed E-state index contributed by atoms with van der Waals surface area (Å²) in [7, 11) is 0. The minimum Gasteiger partial charge on any atom is -0.461 e. The maximum absolute atomic E-state index is 12.0. The molecule has 112 valence electrons. The van der Waals surface area contributed by atoms with Gasteiger partial charge in [-0.05, 0) is 26.3 Å². The van der Waals surface area contributed by atoms with E-state index >= 15 is 0 Å². The molecule has 21 heavy (non-hydrogen) atoms. The van der Waals surface area contributed by atoms with Crippen molar-refractivity contribution in [3.8, 4) is 0 Å². The number of nitrogens with zero attached hydrogens (tertiary/aromatic N) is 2. The van der Waals surface area contributed by atoms with Gasteiger partial charge in [-0.3, -0.25) is 0 Å². The van der Waals surface area contributed by atoms with Gasteiger partial charge in [-0.2, -0.15) is 0 Å². The quantitative estimate of drug-likeness (QED) is 0.791. The second-order valence-corrected chi connectivity index (χ2v) is 4.73. The Labute approximate surface area is 123 Å². The van der Waals surface area contributed by atoms with E-state index in [-0.39, 0.29) is 12.3 Å². The molecule has 1 aromatic heterocycles. The van der Waals surface area contributed by atoms with Gasteiger partial charge in [0, 0.05) is 11.9 Å². The maximum atomic E-state index is 12.0. The van der Waals surface area contributed by atoms with Gasteiger partial charge in [-0.1, -0.05) is 18.2 Å². The topological polar surface area (TPSA) is 84.3 Å². The van der Waals surface area contributed by atoms with Crippen LogP contribution in [0.5, 0.6) is 0 Å². The van der Waals surface area contributed by atoms with Crippen LogP contribution < -0.4 is 5.32 Å². The van der Waals surface area contributed by atoms with Gasteiger partial charge in [0.2, 0.25) is 0 Å². The maximum Gasteiger partial charge on any atom is 0.361 e. The zero-order chi connectivity index (χ0) is 15.2. The Morgan fingerprint density at radius 3 is 2.86 bits per heavy atom. The first-order valence-corrected chi connectivity index (χ1v) is 6.98. The zero-order valence-corrected chi connectivity index (χ0v) is 12.2. The summed E-state index contributed by atoms with van der Waals surface area (Å²) >= 11 is 0. The number of carbonyl (C=O) groups is 1. The summed E-state index contributed by atoms with van der Waals surface area (Å²) in [6, 6.07) is 7.44. The van der Waals surface area contributed by atoms with Gasteiger partial charge < -0.3 is 15.2 Å². The number of aliphatic hydroxyl groups is 1. The normalized spacial score (nSPS) is 12.1. The third-order valence-electron chi connectivity index (χ3n) is 3.00. The first-order chi connectivity index (χ1) is 10.1. The lowest BCUT2D eigenvalue weighted by atomic mass is 10.1. The molecule has 0 aliphatic carbocycles. The second-order valence-electron chi connectivity index (χ2n) is 4.73. The molecule has 2 rings (SSSR count). The van der Waals surface area contributed by atoms with Gasteiger partial charge in [-0.25, -0.2) is 4.79 Å². The first kappa shape index (κ1) is 15.2. The van der Waals surface area contributed by atoms with Crippen LogP contribution in [0.15, 0.2) is 24.3 Å². The van der Waals surface area contributed by atoms with Crippen molar-refractivity contribution in [2.45, 2.75) is 26.4 Å². The van der Waals surface area contributed by atoms with Crippen LogP contribution in [0.2, 0.25) is 0 Å². The van der Waals surface area contributed by atoms with Gasteiger partial charge in [0.05, 0.1) is 23.9 Å². The number of aliphatic hydroxyl groups excluding tert-OH is 1. The van der Waals surface area contributed by atoms with E-state index in [1.54, 1.807) is 13.8 Å². The van der Waals surface area contributed by atoms with Gasteiger partial charge in [-0.15, -0.1) is 10.2 Å². The molecule has 0 amide bonds. The highest BCUT2D eigenvalue weighted by atomic mass is 16.5. The lowest BCUT2D eigenvalue weighted by Crippen LogP contribution is -2.16. The Kier molecular flexibility index (Phi) is 5.05. The average molecular weight is 289 g/mol. The number of rotatable bonds is 6. The lowest BCUT2D eigenvalue weighted by molar-refractivity contribution is 0.0519. The molecule has 0 spiro atoms. The molecule has 1 heterocycles. The van der Waals surface area contributed by atoms with Crippen molar-refractivity contribution in [1.82, 2.24) is 10.2 Å². The molecular weight excluding hydrogens is 270 g/mol. The van der Waals surface area contributed by atoms with Gasteiger partial charge in [0.25, 0.3) is 0 Å². The number of anilines is 1. The van der Waals surface area contributed by atoms with Crippen molar-refractivity contribution in [3.63, 3.8) is 0 Å².